The molecule has 3 heteroatoms. The summed E-state index contributed by atoms with van der Waals surface area (Å²) in [5.41, 5.74) is 2.89. The smallest absolute Gasteiger partial charge is 0.171 e. The molecule has 0 fully saturated rings. The molecule has 0 saturated carbocycles. The van der Waals surface area contributed by atoms with Gasteiger partial charge >= 0.3 is 0 Å². The molecule has 118 valence electrons. The lowest BCUT2D eigenvalue weighted by Crippen LogP contribution is -2.14. The fourth-order valence-electron chi connectivity index (χ4n) is 2.65. The highest BCUT2D eigenvalue weighted by Crippen LogP contribution is 2.17. The van der Waals surface area contributed by atoms with Crippen molar-refractivity contribution in [3.63, 3.8) is 0 Å². The lowest BCUT2D eigenvalue weighted by molar-refractivity contribution is 0.243. The maximum atomic E-state index is 5.95. The minimum absolute atomic E-state index is 0.294. The minimum atomic E-state index is -0.294. The van der Waals surface area contributed by atoms with Crippen molar-refractivity contribution in [1.82, 2.24) is 0 Å². The van der Waals surface area contributed by atoms with Gasteiger partial charge in [-0.2, -0.15) is 0 Å². The molecule has 2 aromatic carbocycles. The second-order valence-corrected chi connectivity index (χ2v) is 10.1. The predicted molar refractivity (Wildman–Crippen MR) is 106 cm³/mol. The number of rotatable bonds is 10. The highest BCUT2D eigenvalue weighted by Gasteiger charge is 2.10. The standard InChI is InChI=1S/C19H25IOSi/c20-16-22-21-15-19(13-11-17-7-3-1-4-8-17)14-12-18-9-5-2-6-10-18/h1-10,19H,11-16,22H2. The monoisotopic (exact) mass is 424 g/mol. The van der Waals surface area contributed by atoms with Crippen LogP contribution in [0.25, 0.3) is 0 Å². The summed E-state index contributed by atoms with van der Waals surface area (Å²) in [5.74, 6) is 0.677. The minimum Gasteiger partial charge on any atom is -0.423 e. The summed E-state index contributed by atoms with van der Waals surface area (Å²) in [7, 11) is -0.294. The first-order valence-electron chi connectivity index (χ1n) is 8.10. The molecule has 0 aliphatic heterocycles. The molecule has 2 aromatic rings. The van der Waals surface area contributed by atoms with Gasteiger partial charge in [-0.05, 0) is 42.7 Å². The van der Waals surface area contributed by atoms with Crippen LogP contribution < -0.4 is 0 Å². The third-order valence-electron chi connectivity index (χ3n) is 3.94. The summed E-state index contributed by atoms with van der Waals surface area (Å²) in [6.45, 7) is 0.953. The number of alkyl halides is 1. The lowest BCUT2D eigenvalue weighted by atomic mass is 9.94. The van der Waals surface area contributed by atoms with Crippen LogP contribution in [0, 0.1) is 5.92 Å². The number of hydrogen-bond acceptors (Lipinski definition) is 1. The Labute approximate surface area is 150 Å². The van der Waals surface area contributed by atoms with Crippen LogP contribution in [0.1, 0.15) is 24.0 Å². The average molecular weight is 424 g/mol. The normalized spacial score (nSPS) is 11.5. The Morgan fingerprint density at radius 3 is 1.77 bits per heavy atom. The van der Waals surface area contributed by atoms with Crippen LogP contribution in [0.2, 0.25) is 0 Å². The van der Waals surface area contributed by atoms with Crippen molar-refractivity contribution in [3.05, 3.63) is 71.8 Å². The molecule has 0 aromatic heterocycles. The highest BCUT2D eigenvalue weighted by atomic mass is 127. The molecule has 0 N–H and O–H groups in total. The Morgan fingerprint density at radius 1 is 0.818 bits per heavy atom. The van der Waals surface area contributed by atoms with Crippen molar-refractivity contribution in [1.29, 1.82) is 0 Å². The van der Waals surface area contributed by atoms with Gasteiger partial charge in [-0.1, -0.05) is 83.3 Å². The summed E-state index contributed by atoms with van der Waals surface area (Å²) in [6.07, 6.45) is 4.78. The summed E-state index contributed by atoms with van der Waals surface area (Å²) < 4.78 is 7.16. The molecular formula is C19H25IOSi. The number of hydrogen-bond donors (Lipinski definition) is 0. The van der Waals surface area contributed by atoms with Crippen molar-refractivity contribution in [2.24, 2.45) is 5.92 Å². The molecule has 0 spiro atoms. The molecule has 0 heterocycles. The molecule has 2 rings (SSSR count). The van der Waals surface area contributed by atoms with E-state index in [0.717, 1.165) is 19.4 Å². The first kappa shape index (κ1) is 17.7. The van der Waals surface area contributed by atoms with E-state index in [4.69, 9.17) is 4.43 Å². The van der Waals surface area contributed by atoms with Crippen LogP contribution in [0.15, 0.2) is 60.7 Å². The fourth-order valence-corrected chi connectivity index (χ4v) is 4.19. The van der Waals surface area contributed by atoms with E-state index < -0.39 is 0 Å². The van der Waals surface area contributed by atoms with Crippen LogP contribution in [0.3, 0.4) is 0 Å². The third kappa shape index (κ3) is 7.07. The van der Waals surface area contributed by atoms with E-state index in [9.17, 15) is 0 Å². The Morgan fingerprint density at radius 2 is 1.32 bits per heavy atom. The molecule has 0 aliphatic carbocycles. The van der Waals surface area contributed by atoms with Crippen LogP contribution in [-0.4, -0.2) is 20.4 Å². The topological polar surface area (TPSA) is 9.23 Å². The Balaban J connectivity index is 1.82. The zero-order chi connectivity index (χ0) is 15.5. The van der Waals surface area contributed by atoms with Gasteiger partial charge in [0.05, 0.1) is 0 Å². The fraction of sp³-hybridized carbons (Fsp3) is 0.368. The van der Waals surface area contributed by atoms with Crippen molar-refractivity contribution in [2.75, 3.05) is 10.7 Å². The SMILES string of the molecule is IC[SiH2]OCC(CCc1ccccc1)CCc1ccccc1. The molecule has 0 atom stereocenters. The summed E-state index contributed by atoms with van der Waals surface area (Å²) >= 11 is 2.43. The van der Waals surface area contributed by atoms with Gasteiger partial charge in [-0.25, -0.2) is 0 Å². The number of benzene rings is 2. The number of halogens is 1. The van der Waals surface area contributed by atoms with Crippen molar-refractivity contribution < 1.29 is 4.43 Å². The van der Waals surface area contributed by atoms with Gasteiger partial charge in [-0.15, -0.1) is 0 Å². The van der Waals surface area contributed by atoms with Gasteiger partial charge in [0.25, 0.3) is 0 Å². The van der Waals surface area contributed by atoms with Crippen LogP contribution in [0.4, 0.5) is 0 Å². The third-order valence-corrected chi connectivity index (χ3v) is 5.94. The van der Waals surface area contributed by atoms with E-state index in [0.29, 0.717) is 5.92 Å². The van der Waals surface area contributed by atoms with E-state index in [1.165, 1.54) is 28.0 Å². The summed E-state index contributed by atoms with van der Waals surface area (Å²) in [4.78, 5) is 0. The van der Waals surface area contributed by atoms with Gasteiger partial charge in [0.15, 0.2) is 9.76 Å². The van der Waals surface area contributed by atoms with Gasteiger partial charge in [-0.3, -0.25) is 0 Å². The average Bonchev–Trinajstić information content (AvgIpc) is 2.59. The molecular weight excluding hydrogens is 399 g/mol. The first-order valence-corrected chi connectivity index (χ1v) is 11.2. The summed E-state index contributed by atoms with van der Waals surface area (Å²) in [6, 6.07) is 21.6. The maximum Gasteiger partial charge on any atom is 0.171 e. The Hall–Kier alpha value is -0.653. The van der Waals surface area contributed by atoms with E-state index in [1.54, 1.807) is 0 Å². The quantitative estimate of drug-likeness (QED) is 0.238. The lowest BCUT2D eigenvalue weighted by Gasteiger charge is -2.17. The van der Waals surface area contributed by atoms with Crippen LogP contribution >= 0.6 is 22.6 Å². The zero-order valence-corrected chi connectivity index (χ0v) is 16.7. The molecule has 0 radical (unpaired) electrons. The first-order chi connectivity index (χ1) is 10.9. The van der Waals surface area contributed by atoms with Crippen molar-refractivity contribution >= 4 is 32.4 Å². The van der Waals surface area contributed by atoms with Gasteiger partial charge in [0.1, 0.15) is 0 Å². The highest BCUT2D eigenvalue weighted by molar-refractivity contribution is 14.1. The molecule has 0 amide bonds. The van der Waals surface area contributed by atoms with Crippen molar-refractivity contribution in [3.8, 4) is 0 Å². The second-order valence-electron chi connectivity index (χ2n) is 5.68. The summed E-state index contributed by atoms with van der Waals surface area (Å²) in [5, 5.41) is 0. The Bertz CT molecular complexity index is 460. The van der Waals surface area contributed by atoms with Crippen LogP contribution in [0.5, 0.6) is 0 Å². The van der Waals surface area contributed by atoms with Crippen molar-refractivity contribution in [2.45, 2.75) is 25.7 Å². The zero-order valence-electron chi connectivity index (χ0n) is 13.1. The molecule has 0 bridgehead atoms. The van der Waals surface area contributed by atoms with E-state index in [-0.39, 0.29) is 9.76 Å². The molecule has 22 heavy (non-hydrogen) atoms. The van der Waals surface area contributed by atoms with Gasteiger partial charge in [0.2, 0.25) is 0 Å². The van der Waals surface area contributed by atoms with E-state index in [1.807, 2.05) is 0 Å². The van der Waals surface area contributed by atoms with E-state index in [2.05, 4.69) is 83.3 Å². The predicted octanol–water partition coefficient (Wildman–Crippen LogP) is 4.36. The Kier molecular flexibility index (Phi) is 8.83. The van der Waals surface area contributed by atoms with Gasteiger partial charge < -0.3 is 4.43 Å². The second kappa shape index (κ2) is 11.0. The van der Waals surface area contributed by atoms with Gasteiger partial charge in [0, 0.05) is 10.7 Å². The van der Waals surface area contributed by atoms with Crippen LogP contribution in [-0.2, 0) is 17.3 Å². The molecule has 0 aliphatic rings. The molecule has 0 unspecified atom stereocenters. The maximum absolute atomic E-state index is 5.95. The largest absolute Gasteiger partial charge is 0.423 e. The van der Waals surface area contributed by atoms with E-state index >= 15 is 0 Å². The molecule has 1 nitrogen and oxygen atoms in total. The molecule has 0 saturated heterocycles. The number of aryl methyl sites for hydroxylation is 2.